The van der Waals surface area contributed by atoms with Crippen molar-refractivity contribution in [1.29, 1.82) is 0 Å². The molecule has 0 aromatic heterocycles. The van der Waals surface area contributed by atoms with E-state index in [-0.39, 0.29) is 11.8 Å². The van der Waals surface area contributed by atoms with E-state index in [1.54, 1.807) is 30.3 Å². The first-order chi connectivity index (χ1) is 11.6. The highest BCUT2D eigenvalue weighted by Gasteiger charge is 2.23. The van der Waals surface area contributed by atoms with E-state index in [4.69, 9.17) is 4.74 Å². The quantitative estimate of drug-likeness (QED) is 0.761. The van der Waals surface area contributed by atoms with Crippen molar-refractivity contribution >= 4 is 11.8 Å². The van der Waals surface area contributed by atoms with Crippen LogP contribution in [0, 0.1) is 0 Å². The summed E-state index contributed by atoms with van der Waals surface area (Å²) in [5, 5.41) is 2.79. The molecule has 1 aliphatic heterocycles. The molecule has 1 fully saturated rings. The van der Waals surface area contributed by atoms with E-state index in [1.807, 2.05) is 11.8 Å². The van der Waals surface area contributed by atoms with E-state index >= 15 is 0 Å². The number of piperazine rings is 1. The van der Waals surface area contributed by atoms with Crippen LogP contribution < -0.4 is 10.1 Å². The second kappa shape index (κ2) is 9.08. The summed E-state index contributed by atoms with van der Waals surface area (Å²) in [5.74, 6) is 0.772. The predicted molar refractivity (Wildman–Crippen MR) is 93.2 cm³/mol. The molecule has 1 saturated heterocycles. The Morgan fingerprint density at radius 3 is 2.46 bits per heavy atom. The molecule has 0 spiro atoms. The summed E-state index contributed by atoms with van der Waals surface area (Å²) < 4.78 is 5.42. The molecule has 6 heteroatoms. The third kappa shape index (κ3) is 5.09. The van der Waals surface area contributed by atoms with E-state index < -0.39 is 0 Å². The highest BCUT2D eigenvalue weighted by Crippen LogP contribution is 2.15. The molecule has 130 valence electrons. The molecule has 6 nitrogen and oxygen atoms in total. The Hall–Kier alpha value is -2.34. The molecule has 1 aromatic carbocycles. The van der Waals surface area contributed by atoms with Crippen molar-refractivity contribution < 1.29 is 14.3 Å². The molecule has 1 aromatic rings. The van der Waals surface area contributed by atoms with Crippen molar-refractivity contribution in [2.24, 2.45) is 0 Å². The van der Waals surface area contributed by atoms with Gasteiger partial charge in [0.05, 0.1) is 6.54 Å². The number of nitrogens with zero attached hydrogens (tertiary/aromatic N) is 2. The van der Waals surface area contributed by atoms with Crippen LogP contribution in [0.3, 0.4) is 0 Å². The van der Waals surface area contributed by atoms with Crippen LogP contribution in [-0.4, -0.2) is 67.5 Å². The minimum absolute atomic E-state index is 0.0166. The fourth-order valence-corrected chi connectivity index (χ4v) is 2.60. The number of hydrogen-bond donors (Lipinski definition) is 1. The van der Waals surface area contributed by atoms with Crippen molar-refractivity contribution in [2.45, 2.75) is 6.92 Å². The van der Waals surface area contributed by atoms with Gasteiger partial charge in [-0.05, 0) is 31.2 Å². The van der Waals surface area contributed by atoms with Crippen LogP contribution in [0.15, 0.2) is 36.9 Å². The maximum Gasteiger partial charge on any atom is 0.253 e. The topological polar surface area (TPSA) is 61.9 Å². The summed E-state index contributed by atoms with van der Waals surface area (Å²) >= 11 is 0. The van der Waals surface area contributed by atoms with E-state index in [0.717, 1.165) is 5.75 Å². The van der Waals surface area contributed by atoms with E-state index in [2.05, 4.69) is 16.8 Å². The molecule has 2 rings (SSSR count). The van der Waals surface area contributed by atoms with Crippen LogP contribution in [0.2, 0.25) is 0 Å². The van der Waals surface area contributed by atoms with Gasteiger partial charge in [0, 0.05) is 38.3 Å². The molecule has 0 aliphatic carbocycles. The third-order valence-corrected chi connectivity index (χ3v) is 3.87. The maximum atomic E-state index is 12.5. The fourth-order valence-electron chi connectivity index (χ4n) is 2.60. The minimum Gasteiger partial charge on any atom is -0.490 e. The van der Waals surface area contributed by atoms with Crippen molar-refractivity contribution in [2.75, 3.05) is 45.9 Å². The first kappa shape index (κ1) is 18.0. The Balaban J connectivity index is 1.83. The lowest BCUT2D eigenvalue weighted by Crippen LogP contribution is -2.51. The van der Waals surface area contributed by atoms with Gasteiger partial charge in [-0.2, -0.15) is 0 Å². The molecular formula is C18H25N3O3. The molecule has 1 aliphatic rings. The number of benzene rings is 1. The number of amides is 2. The molecule has 1 heterocycles. The van der Waals surface area contributed by atoms with E-state index in [9.17, 15) is 9.59 Å². The number of ether oxygens (including phenoxy) is 1. The van der Waals surface area contributed by atoms with Crippen molar-refractivity contribution in [3.63, 3.8) is 0 Å². The third-order valence-electron chi connectivity index (χ3n) is 3.87. The van der Waals surface area contributed by atoms with Gasteiger partial charge < -0.3 is 15.0 Å². The van der Waals surface area contributed by atoms with Gasteiger partial charge in [0.25, 0.3) is 5.91 Å². The smallest absolute Gasteiger partial charge is 0.253 e. The maximum absolute atomic E-state index is 12.5. The van der Waals surface area contributed by atoms with Crippen LogP contribution >= 0.6 is 0 Å². The van der Waals surface area contributed by atoms with Crippen LogP contribution in [0.1, 0.15) is 17.3 Å². The van der Waals surface area contributed by atoms with Gasteiger partial charge in [-0.1, -0.05) is 12.7 Å². The molecule has 0 unspecified atom stereocenters. The van der Waals surface area contributed by atoms with Gasteiger partial charge in [0.1, 0.15) is 12.4 Å². The van der Waals surface area contributed by atoms with Crippen molar-refractivity contribution in [3.05, 3.63) is 42.5 Å². The highest BCUT2D eigenvalue weighted by atomic mass is 16.5. The van der Waals surface area contributed by atoms with Crippen LogP contribution in [0.5, 0.6) is 5.75 Å². The van der Waals surface area contributed by atoms with Crippen LogP contribution in [-0.2, 0) is 4.79 Å². The van der Waals surface area contributed by atoms with E-state index in [1.165, 1.54) is 0 Å². The predicted octanol–water partition coefficient (Wildman–Crippen LogP) is 1.15. The number of hydrogen-bond acceptors (Lipinski definition) is 4. The van der Waals surface area contributed by atoms with Gasteiger partial charge in [-0.25, -0.2) is 0 Å². The lowest BCUT2D eigenvalue weighted by molar-refractivity contribution is -0.122. The standard InChI is InChI=1S/C18H25N3O3/c1-3-13-24-16-7-5-15(6-8-16)18(23)21-11-9-20(10-12-21)14-17(22)19-4-2/h3,5-8H,1,4,9-14H2,2H3,(H,19,22). The molecule has 0 atom stereocenters. The van der Waals surface area contributed by atoms with Gasteiger partial charge >= 0.3 is 0 Å². The summed E-state index contributed by atoms with van der Waals surface area (Å²) in [5.41, 5.74) is 0.651. The Bertz CT molecular complexity index is 563. The molecule has 24 heavy (non-hydrogen) atoms. The Kier molecular flexibility index (Phi) is 6.81. The van der Waals surface area contributed by atoms with Crippen LogP contribution in [0.25, 0.3) is 0 Å². The summed E-state index contributed by atoms with van der Waals surface area (Å²) in [6.45, 7) is 9.68. The lowest BCUT2D eigenvalue weighted by Gasteiger charge is -2.34. The number of carbonyl (C=O) groups is 2. The number of rotatable bonds is 7. The lowest BCUT2D eigenvalue weighted by atomic mass is 10.1. The Morgan fingerprint density at radius 2 is 1.88 bits per heavy atom. The fraction of sp³-hybridized carbons (Fsp3) is 0.444. The van der Waals surface area contributed by atoms with Gasteiger partial charge in [0.2, 0.25) is 5.91 Å². The van der Waals surface area contributed by atoms with Gasteiger partial charge in [-0.15, -0.1) is 0 Å². The minimum atomic E-state index is 0.0166. The van der Waals surface area contributed by atoms with E-state index in [0.29, 0.717) is 51.4 Å². The number of nitrogens with one attached hydrogen (secondary N) is 1. The summed E-state index contributed by atoms with van der Waals surface area (Å²) in [4.78, 5) is 28.0. The zero-order valence-corrected chi connectivity index (χ0v) is 14.2. The zero-order chi connectivity index (χ0) is 17.4. The summed E-state index contributed by atoms with van der Waals surface area (Å²) in [6, 6.07) is 7.15. The first-order valence-electron chi connectivity index (χ1n) is 8.26. The molecule has 0 radical (unpaired) electrons. The molecular weight excluding hydrogens is 306 g/mol. The summed E-state index contributed by atoms with van der Waals surface area (Å²) in [7, 11) is 0. The summed E-state index contributed by atoms with van der Waals surface area (Å²) in [6.07, 6.45) is 1.68. The van der Waals surface area contributed by atoms with Crippen molar-refractivity contribution in [1.82, 2.24) is 15.1 Å². The molecule has 2 amide bonds. The monoisotopic (exact) mass is 331 g/mol. The van der Waals surface area contributed by atoms with Crippen molar-refractivity contribution in [3.8, 4) is 5.75 Å². The Labute approximate surface area is 143 Å². The highest BCUT2D eigenvalue weighted by molar-refractivity contribution is 5.94. The largest absolute Gasteiger partial charge is 0.490 e. The van der Waals surface area contributed by atoms with Gasteiger partial charge in [-0.3, -0.25) is 14.5 Å². The SMILES string of the molecule is C=CCOc1ccc(C(=O)N2CCN(CC(=O)NCC)CC2)cc1. The van der Waals surface area contributed by atoms with Gasteiger partial charge in [0.15, 0.2) is 0 Å². The first-order valence-corrected chi connectivity index (χ1v) is 8.26. The Morgan fingerprint density at radius 1 is 1.21 bits per heavy atom. The molecule has 1 N–H and O–H groups in total. The number of likely N-dealkylation sites (N-methyl/N-ethyl adjacent to an activating group) is 1. The normalized spacial score (nSPS) is 15.0. The zero-order valence-electron chi connectivity index (χ0n) is 14.2. The molecule has 0 saturated carbocycles. The average molecular weight is 331 g/mol. The second-order valence-electron chi connectivity index (χ2n) is 5.65. The number of carbonyl (C=O) groups excluding carboxylic acids is 2. The van der Waals surface area contributed by atoms with Crippen LogP contribution in [0.4, 0.5) is 0 Å². The average Bonchev–Trinajstić information content (AvgIpc) is 2.60. The second-order valence-corrected chi connectivity index (χ2v) is 5.65. The molecule has 0 bridgehead atoms.